The maximum atomic E-state index is 3.95. The van der Waals surface area contributed by atoms with Crippen LogP contribution in [0.25, 0.3) is 0 Å². The molecule has 70 valence electrons. The minimum absolute atomic E-state index is 0.666. The van der Waals surface area contributed by atoms with Gasteiger partial charge in [-0.3, -0.25) is 0 Å². The Morgan fingerprint density at radius 2 is 1.54 bits per heavy atom. The topological polar surface area (TPSA) is 0 Å². The second-order valence-corrected chi connectivity index (χ2v) is 4.42. The van der Waals surface area contributed by atoms with E-state index in [1.54, 1.807) is 0 Å². The van der Waals surface area contributed by atoms with E-state index in [4.69, 9.17) is 0 Å². The largest absolute Gasteiger partial charge is 0.103 e. The Labute approximate surface area is 81.0 Å². The molecule has 0 nitrogen and oxygen atoms in total. The summed E-state index contributed by atoms with van der Waals surface area (Å²) in [4.78, 5) is 0. The zero-order valence-corrected chi connectivity index (χ0v) is 8.15. The highest BCUT2D eigenvalue weighted by Crippen LogP contribution is 2.56. The molecular weight excluding hydrogens is 156 g/mol. The van der Waals surface area contributed by atoms with Gasteiger partial charge in [-0.15, -0.1) is 19.7 Å². The molecule has 5 unspecified atom stereocenters. The SMILES string of the molecule is C=CC1CC2CC1C(C=C)C2C=C. The van der Waals surface area contributed by atoms with E-state index in [1.807, 2.05) is 0 Å². The maximum Gasteiger partial charge on any atom is -0.0137 e. The smallest absolute Gasteiger partial charge is 0.0137 e. The van der Waals surface area contributed by atoms with Crippen LogP contribution in [0.3, 0.4) is 0 Å². The van der Waals surface area contributed by atoms with Gasteiger partial charge in [-0.25, -0.2) is 0 Å². The van der Waals surface area contributed by atoms with Crippen molar-refractivity contribution in [3.63, 3.8) is 0 Å². The van der Waals surface area contributed by atoms with Gasteiger partial charge in [-0.2, -0.15) is 0 Å². The van der Waals surface area contributed by atoms with Crippen LogP contribution in [-0.4, -0.2) is 0 Å². The Hall–Kier alpha value is -0.780. The van der Waals surface area contributed by atoms with E-state index in [2.05, 4.69) is 38.0 Å². The summed E-state index contributed by atoms with van der Waals surface area (Å²) in [6.45, 7) is 11.8. The average molecular weight is 174 g/mol. The first-order valence-electron chi connectivity index (χ1n) is 5.19. The predicted octanol–water partition coefficient (Wildman–Crippen LogP) is 3.43. The van der Waals surface area contributed by atoms with Crippen LogP contribution in [0.5, 0.6) is 0 Å². The van der Waals surface area contributed by atoms with Crippen molar-refractivity contribution in [3.05, 3.63) is 38.0 Å². The number of hydrogen-bond donors (Lipinski definition) is 0. The Morgan fingerprint density at radius 3 is 2.08 bits per heavy atom. The molecule has 2 aliphatic rings. The summed E-state index contributed by atoms with van der Waals surface area (Å²) in [5, 5.41) is 0. The summed E-state index contributed by atoms with van der Waals surface area (Å²) in [6.07, 6.45) is 9.10. The van der Waals surface area contributed by atoms with Gasteiger partial charge in [0.2, 0.25) is 0 Å². The number of rotatable bonds is 3. The number of allylic oxidation sites excluding steroid dienone is 3. The lowest BCUT2D eigenvalue weighted by atomic mass is 9.74. The predicted molar refractivity (Wildman–Crippen MR) is 57.3 cm³/mol. The fourth-order valence-corrected chi connectivity index (χ4v) is 3.45. The van der Waals surface area contributed by atoms with Crippen LogP contribution in [0.2, 0.25) is 0 Å². The van der Waals surface area contributed by atoms with Gasteiger partial charge in [0.05, 0.1) is 0 Å². The van der Waals surface area contributed by atoms with Crippen molar-refractivity contribution < 1.29 is 0 Å². The maximum absolute atomic E-state index is 3.95. The van der Waals surface area contributed by atoms with E-state index in [-0.39, 0.29) is 0 Å². The van der Waals surface area contributed by atoms with E-state index in [0.29, 0.717) is 11.8 Å². The first-order valence-corrected chi connectivity index (χ1v) is 5.19. The lowest BCUT2D eigenvalue weighted by molar-refractivity contribution is 0.268. The van der Waals surface area contributed by atoms with Gasteiger partial charge < -0.3 is 0 Å². The summed E-state index contributed by atoms with van der Waals surface area (Å²) in [6, 6.07) is 0. The molecule has 2 bridgehead atoms. The second kappa shape index (κ2) is 3.17. The van der Waals surface area contributed by atoms with Gasteiger partial charge >= 0.3 is 0 Å². The molecule has 0 radical (unpaired) electrons. The minimum atomic E-state index is 0.666. The lowest BCUT2D eigenvalue weighted by Crippen LogP contribution is -2.24. The van der Waals surface area contributed by atoms with E-state index in [0.717, 1.165) is 17.8 Å². The highest BCUT2D eigenvalue weighted by molar-refractivity contribution is 5.13. The van der Waals surface area contributed by atoms with Gasteiger partial charge in [-0.1, -0.05) is 18.2 Å². The summed E-state index contributed by atoms with van der Waals surface area (Å²) in [7, 11) is 0. The number of fused-ring (bicyclic) bond motifs is 2. The van der Waals surface area contributed by atoms with Crippen molar-refractivity contribution in [2.75, 3.05) is 0 Å². The molecule has 2 saturated carbocycles. The zero-order valence-electron chi connectivity index (χ0n) is 8.15. The molecule has 0 heteroatoms. The summed E-state index contributed by atoms with van der Waals surface area (Å²) < 4.78 is 0. The molecule has 5 atom stereocenters. The molecule has 0 aliphatic heterocycles. The van der Waals surface area contributed by atoms with Crippen molar-refractivity contribution >= 4 is 0 Å². The highest BCUT2D eigenvalue weighted by atomic mass is 14.5. The molecule has 2 aliphatic carbocycles. The molecule has 2 rings (SSSR count). The Bertz CT molecular complexity index is 238. The third-order valence-corrected chi connectivity index (χ3v) is 4.03. The third-order valence-electron chi connectivity index (χ3n) is 4.03. The van der Waals surface area contributed by atoms with Crippen molar-refractivity contribution in [2.24, 2.45) is 29.6 Å². The van der Waals surface area contributed by atoms with Crippen molar-refractivity contribution in [1.29, 1.82) is 0 Å². The van der Waals surface area contributed by atoms with E-state index in [9.17, 15) is 0 Å². The van der Waals surface area contributed by atoms with Gasteiger partial charge in [0.1, 0.15) is 0 Å². The van der Waals surface area contributed by atoms with Crippen LogP contribution in [0.1, 0.15) is 12.8 Å². The molecule has 0 spiro atoms. The second-order valence-electron chi connectivity index (χ2n) is 4.42. The van der Waals surface area contributed by atoms with Crippen LogP contribution in [0.15, 0.2) is 38.0 Å². The van der Waals surface area contributed by atoms with E-state index in [1.165, 1.54) is 12.8 Å². The van der Waals surface area contributed by atoms with Crippen LogP contribution < -0.4 is 0 Å². The lowest BCUT2D eigenvalue weighted by Gasteiger charge is -2.30. The highest BCUT2D eigenvalue weighted by Gasteiger charge is 2.48. The Balaban J connectivity index is 2.21. The zero-order chi connectivity index (χ0) is 9.42. The van der Waals surface area contributed by atoms with Gasteiger partial charge in [0.25, 0.3) is 0 Å². The summed E-state index contributed by atoms with van der Waals surface area (Å²) in [5.41, 5.74) is 0. The van der Waals surface area contributed by atoms with Crippen LogP contribution in [0, 0.1) is 29.6 Å². The molecule has 0 N–H and O–H groups in total. The van der Waals surface area contributed by atoms with Crippen molar-refractivity contribution in [2.45, 2.75) is 12.8 Å². The average Bonchev–Trinajstić information content (AvgIpc) is 2.72. The first kappa shape index (κ1) is 8.80. The van der Waals surface area contributed by atoms with E-state index >= 15 is 0 Å². The molecule has 0 aromatic carbocycles. The molecule has 0 saturated heterocycles. The van der Waals surface area contributed by atoms with Crippen LogP contribution >= 0.6 is 0 Å². The van der Waals surface area contributed by atoms with Gasteiger partial charge in [0, 0.05) is 0 Å². The van der Waals surface area contributed by atoms with Gasteiger partial charge in [-0.05, 0) is 42.4 Å². The van der Waals surface area contributed by atoms with Crippen LogP contribution in [0.4, 0.5) is 0 Å². The minimum Gasteiger partial charge on any atom is -0.103 e. The summed E-state index contributed by atoms with van der Waals surface area (Å²) >= 11 is 0. The molecule has 0 amide bonds. The Kier molecular flexibility index (Phi) is 2.15. The fourth-order valence-electron chi connectivity index (χ4n) is 3.45. The van der Waals surface area contributed by atoms with Gasteiger partial charge in [0.15, 0.2) is 0 Å². The Morgan fingerprint density at radius 1 is 0.846 bits per heavy atom. The van der Waals surface area contributed by atoms with Crippen LogP contribution in [-0.2, 0) is 0 Å². The first-order chi connectivity index (χ1) is 6.31. The molecule has 0 aromatic heterocycles. The van der Waals surface area contributed by atoms with Crippen molar-refractivity contribution in [3.8, 4) is 0 Å². The summed E-state index contributed by atoms with van der Waals surface area (Å²) in [5.74, 6) is 3.76. The molecular formula is C13H18. The third kappa shape index (κ3) is 1.12. The fraction of sp³-hybridized carbons (Fsp3) is 0.538. The van der Waals surface area contributed by atoms with E-state index < -0.39 is 0 Å². The number of hydrogen-bond acceptors (Lipinski definition) is 0. The molecule has 2 fully saturated rings. The quantitative estimate of drug-likeness (QED) is 0.575. The molecule has 13 heavy (non-hydrogen) atoms. The normalized spacial score (nSPS) is 47.5. The standard InChI is InChI=1S/C13H18/c1-4-9-7-10-8-13(9)12(6-3)11(10)5-2/h4-6,9-13H,1-3,7-8H2. The van der Waals surface area contributed by atoms with Crippen molar-refractivity contribution in [1.82, 2.24) is 0 Å². The molecule has 0 heterocycles. The molecule has 0 aromatic rings. The monoisotopic (exact) mass is 174 g/mol.